The van der Waals surface area contributed by atoms with Gasteiger partial charge in [-0.15, -0.1) is 0 Å². The molecular formula is C5H9BrO3. The third-order valence-corrected chi connectivity index (χ3v) is 0.699. The highest BCUT2D eigenvalue weighted by Gasteiger charge is 1.70. The maximum atomic E-state index is 8.56. The topological polar surface area (TPSA) is 57.5 Å². The standard InChI is InChI=1S/C4H7Br.CH2O3/c1-2-3-4-5;2-1(3)4/h2-3H,4H2,1H3;(H2,2,3,4). The molecule has 0 bridgehead atoms. The number of alkyl halides is 1. The summed E-state index contributed by atoms with van der Waals surface area (Å²) < 4.78 is 0. The number of hydrogen-bond acceptors (Lipinski definition) is 1. The molecule has 4 heteroatoms. The molecule has 9 heavy (non-hydrogen) atoms. The summed E-state index contributed by atoms with van der Waals surface area (Å²) in [5, 5.41) is 14.9. The van der Waals surface area contributed by atoms with Gasteiger partial charge in [0.05, 0.1) is 0 Å². The maximum absolute atomic E-state index is 8.56. The van der Waals surface area contributed by atoms with Crippen molar-refractivity contribution in [1.82, 2.24) is 0 Å². The van der Waals surface area contributed by atoms with Crippen molar-refractivity contribution in [3.8, 4) is 0 Å². The van der Waals surface area contributed by atoms with E-state index < -0.39 is 6.16 Å². The average Bonchev–Trinajstić information content (AvgIpc) is 1.66. The molecule has 0 saturated carbocycles. The Morgan fingerprint density at radius 1 is 1.67 bits per heavy atom. The van der Waals surface area contributed by atoms with E-state index in [-0.39, 0.29) is 0 Å². The van der Waals surface area contributed by atoms with Gasteiger partial charge in [0.1, 0.15) is 0 Å². The number of allylic oxidation sites excluding steroid dienone is 2. The second kappa shape index (κ2) is 10.5. The van der Waals surface area contributed by atoms with Crippen LogP contribution in [0.25, 0.3) is 0 Å². The molecule has 0 aromatic heterocycles. The van der Waals surface area contributed by atoms with Crippen LogP contribution in [0.3, 0.4) is 0 Å². The summed E-state index contributed by atoms with van der Waals surface area (Å²) >= 11 is 3.22. The van der Waals surface area contributed by atoms with E-state index in [0.717, 1.165) is 5.33 Å². The van der Waals surface area contributed by atoms with Gasteiger partial charge < -0.3 is 10.2 Å². The normalized spacial score (nSPS) is 8.22. The van der Waals surface area contributed by atoms with Crippen LogP contribution in [-0.4, -0.2) is 21.7 Å². The lowest BCUT2D eigenvalue weighted by molar-refractivity contribution is 0.137. The predicted molar refractivity (Wildman–Crippen MR) is 39.3 cm³/mol. The van der Waals surface area contributed by atoms with Crippen molar-refractivity contribution in [2.24, 2.45) is 0 Å². The summed E-state index contributed by atoms with van der Waals surface area (Å²) in [5.74, 6) is 0. The van der Waals surface area contributed by atoms with E-state index in [1.807, 2.05) is 19.1 Å². The Labute approximate surface area is 62.1 Å². The molecule has 0 aliphatic carbocycles. The number of carbonyl (C=O) groups is 1. The molecular weight excluding hydrogens is 188 g/mol. The first-order valence-electron chi connectivity index (χ1n) is 2.24. The van der Waals surface area contributed by atoms with Crippen LogP contribution in [0.15, 0.2) is 12.2 Å². The smallest absolute Gasteiger partial charge is 0.450 e. The summed E-state index contributed by atoms with van der Waals surface area (Å²) in [7, 11) is 0. The summed E-state index contributed by atoms with van der Waals surface area (Å²) in [6.45, 7) is 2.00. The summed E-state index contributed by atoms with van der Waals surface area (Å²) in [6.07, 6.45) is 2.22. The third kappa shape index (κ3) is 102. The van der Waals surface area contributed by atoms with Gasteiger partial charge in [-0.1, -0.05) is 28.1 Å². The minimum atomic E-state index is -1.83. The highest BCUT2D eigenvalue weighted by Crippen LogP contribution is 1.77. The van der Waals surface area contributed by atoms with Crippen LogP contribution in [-0.2, 0) is 0 Å². The highest BCUT2D eigenvalue weighted by atomic mass is 79.9. The molecule has 0 aliphatic heterocycles. The number of rotatable bonds is 1. The lowest BCUT2D eigenvalue weighted by Gasteiger charge is -1.63. The quantitative estimate of drug-likeness (QED) is 0.500. The highest BCUT2D eigenvalue weighted by molar-refractivity contribution is 9.09. The Morgan fingerprint density at radius 2 is 2.00 bits per heavy atom. The molecule has 0 aliphatic rings. The van der Waals surface area contributed by atoms with E-state index in [9.17, 15) is 0 Å². The number of carboxylic acid groups (broad SMARTS) is 2. The van der Waals surface area contributed by atoms with Crippen LogP contribution in [0.2, 0.25) is 0 Å². The van der Waals surface area contributed by atoms with Crippen molar-refractivity contribution in [2.75, 3.05) is 5.33 Å². The van der Waals surface area contributed by atoms with E-state index in [1.165, 1.54) is 0 Å². The third-order valence-electron chi connectivity index (χ3n) is 0.325. The van der Waals surface area contributed by atoms with Gasteiger partial charge in [-0.25, -0.2) is 4.79 Å². The molecule has 3 nitrogen and oxygen atoms in total. The van der Waals surface area contributed by atoms with E-state index in [1.54, 1.807) is 0 Å². The fraction of sp³-hybridized carbons (Fsp3) is 0.400. The van der Waals surface area contributed by atoms with Crippen LogP contribution in [0.4, 0.5) is 4.79 Å². The molecule has 0 amide bonds. The van der Waals surface area contributed by atoms with Gasteiger partial charge in [0.2, 0.25) is 0 Å². The molecule has 0 aromatic carbocycles. The zero-order valence-electron chi connectivity index (χ0n) is 5.04. The van der Waals surface area contributed by atoms with Crippen LogP contribution < -0.4 is 0 Å². The summed E-state index contributed by atoms with van der Waals surface area (Å²) in [5.41, 5.74) is 0. The van der Waals surface area contributed by atoms with Crippen LogP contribution >= 0.6 is 15.9 Å². The monoisotopic (exact) mass is 196 g/mol. The molecule has 0 fully saturated rings. The van der Waals surface area contributed by atoms with Crippen molar-refractivity contribution in [3.63, 3.8) is 0 Å². The van der Waals surface area contributed by atoms with Crippen molar-refractivity contribution in [1.29, 1.82) is 0 Å². The van der Waals surface area contributed by atoms with Crippen molar-refractivity contribution < 1.29 is 15.0 Å². The van der Waals surface area contributed by atoms with Gasteiger partial charge in [-0.2, -0.15) is 0 Å². The minimum Gasteiger partial charge on any atom is -0.450 e. The lowest BCUT2D eigenvalue weighted by atomic mass is 10.6. The Bertz CT molecular complexity index is 86.2. The lowest BCUT2D eigenvalue weighted by Crippen LogP contribution is -1.81. The van der Waals surface area contributed by atoms with Gasteiger partial charge in [-0.05, 0) is 6.92 Å². The molecule has 54 valence electrons. The van der Waals surface area contributed by atoms with Crippen molar-refractivity contribution in [3.05, 3.63) is 12.2 Å². The molecule has 0 rings (SSSR count). The Hall–Kier alpha value is -0.510. The summed E-state index contributed by atoms with van der Waals surface area (Å²) in [4.78, 5) is 8.56. The zero-order valence-corrected chi connectivity index (χ0v) is 6.63. The fourth-order valence-electron chi connectivity index (χ4n) is 0.0891. The van der Waals surface area contributed by atoms with Crippen LogP contribution in [0, 0.1) is 0 Å². The first-order valence-corrected chi connectivity index (χ1v) is 3.36. The molecule has 0 heterocycles. The van der Waals surface area contributed by atoms with Gasteiger partial charge >= 0.3 is 6.16 Å². The van der Waals surface area contributed by atoms with Gasteiger partial charge in [0.15, 0.2) is 0 Å². The van der Waals surface area contributed by atoms with Crippen molar-refractivity contribution in [2.45, 2.75) is 6.92 Å². The Balaban J connectivity index is 0. The summed E-state index contributed by atoms with van der Waals surface area (Å²) in [6, 6.07) is 0. The van der Waals surface area contributed by atoms with Gasteiger partial charge in [-0.3, -0.25) is 0 Å². The van der Waals surface area contributed by atoms with E-state index >= 15 is 0 Å². The molecule has 0 spiro atoms. The first kappa shape index (κ1) is 11.3. The van der Waals surface area contributed by atoms with E-state index in [4.69, 9.17) is 15.0 Å². The largest absolute Gasteiger partial charge is 0.503 e. The Kier molecular flexibility index (Phi) is 13.2. The molecule has 2 N–H and O–H groups in total. The molecule has 0 atom stereocenters. The van der Waals surface area contributed by atoms with E-state index in [2.05, 4.69) is 15.9 Å². The Morgan fingerprint density at radius 3 is 2.00 bits per heavy atom. The van der Waals surface area contributed by atoms with Crippen molar-refractivity contribution >= 4 is 22.1 Å². The molecule has 0 aromatic rings. The second-order valence-corrected chi connectivity index (χ2v) is 1.65. The number of hydrogen-bond donors (Lipinski definition) is 2. The van der Waals surface area contributed by atoms with Crippen LogP contribution in [0.5, 0.6) is 0 Å². The molecule has 0 saturated heterocycles. The zero-order chi connectivity index (χ0) is 7.70. The first-order chi connectivity index (χ1) is 4.15. The second-order valence-electron chi connectivity index (χ2n) is 1.01. The average molecular weight is 197 g/mol. The van der Waals surface area contributed by atoms with Gasteiger partial charge in [0, 0.05) is 5.33 Å². The van der Waals surface area contributed by atoms with Gasteiger partial charge in [0.25, 0.3) is 0 Å². The maximum Gasteiger partial charge on any atom is 0.503 e. The molecule has 0 unspecified atom stereocenters. The SMILES string of the molecule is CC=CCBr.O=C(O)O. The van der Waals surface area contributed by atoms with E-state index in [0.29, 0.717) is 0 Å². The minimum absolute atomic E-state index is 0.976. The predicted octanol–water partition coefficient (Wildman–Crippen LogP) is 2.18. The van der Waals surface area contributed by atoms with Crippen LogP contribution in [0.1, 0.15) is 6.92 Å². The number of halogens is 1. The molecule has 0 radical (unpaired) electrons. The fourth-order valence-corrected chi connectivity index (χ4v) is 0.463.